The van der Waals surface area contributed by atoms with Crippen molar-refractivity contribution >= 4 is 34.2 Å². The molecule has 1 atom stereocenters. The van der Waals surface area contributed by atoms with Gasteiger partial charge in [0, 0.05) is 23.5 Å². The van der Waals surface area contributed by atoms with Gasteiger partial charge in [0.1, 0.15) is 11.4 Å². The van der Waals surface area contributed by atoms with Crippen LogP contribution >= 0.6 is 0 Å². The average Bonchev–Trinajstić information content (AvgIpc) is 3.21. The summed E-state index contributed by atoms with van der Waals surface area (Å²) in [5.74, 6) is 0.188. The molecule has 152 valence electrons. The minimum absolute atomic E-state index is 0.0209. The highest BCUT2D eigenvalue weighted by molar-refractivity contribution is 6.24. The maximum atomic E-state index is 13.6. The first kappa shape index (κ1) is 18.2. The molecule has 2 aliphatic heterocycles. The summed E-state index contributed by atoms with van der Waals surface area (Å²) in [7, 11) is 1.59. The van der Waals surface area contributed by atoms with Gasteiger partial charge in [0.05, 0.1) is 17.7 Å². The fourth-order valence-corrected chi connectivity index (χ4v) is 4.57. The van der Waals surface area contributed by atoms with Crippen molar-refractivity contribution in [3.63, 3.8) is 0 Å². The fraction of sp³-hybridized carbons (Fsp3) is 0.238. The lowest BCUT2D eigenvalue weighted by atomic mass is 9.87. The summed E-state index contributed by atoms with van der Waals surface area (Å²) in [5.41, 5.74) is 0.843. The van der Waals surface area contributed by atoms with Crippen LogP contribution in [0.5, 0.6) is 5.75 Å². The van der Waals surface area contributed by atoms with Crippen LogP contribution in [0.15, 0.2) is 42.5 Å². The molecule has 1 aromatic heterocycles. The number of carbonyl (C=O) groups is 2. The highest BCUT2D eigenvalue weighted by atomic mass is 16.6. The van der Waals surface area contributed by atoms with Crippen molar-refractivity contribution in [2.24, 2.45) is 0 Å². The number of methoxy groups -OCH3 is 1. The second-order valence-corrected chi connectivity index (χ2v) is 7.53. The Bertz CT molecular complexity index is 1250. The summed E-state index contributed by atoms with van der Waals surface area (Å²) < 4.78 is 5.33. The first-order chi connectivity index (χ1) is 14.4. The Balaban J connectivity index is 1.69. The number of nitrogens with zero attached hydrogens (tertiary/aromatic N) is 3. The summed E-state index contributed by atoms with van der Waals surface area (Å²) in [5, 5.41) is 12.4. The van der Waals surface area contributed by atoms with Crippen molar-refractivity contribution in [1.29, 1.82) is 0 Å². The molecule has 3 aromatic rings. The number of amides is 3. The molecule has 1 fully saturated rings. The van der Waals surface area contributed by atoms with Crippen LogP contribution in [0, 0.1) is 10.1 Å². The SMILES string of the molecule is COc1ccc2[nH]c3c(c2c1)CCN1C(=O)N(c2ccccc2[N+](=O)[O-])C(=O)C31C. The van der Waals surface area contributed by atoms with Crippen LogP contribution < -0.4 is 9.64 Å². The van der Waals surface area contributed by atoms with E-state index in [0.717, 1.165) is 21.4 Å². The van der Waals surface area contributed by atoms with E-state index < -0.39 is 22.4 Å². The lowest BCUT2D eigenvalue weighted by Crippen LogP contribution is -2.49. The van der Waals surface area contributed by atoms with E-state index in [1.165, 1.54) is 23.1 Å². The van der Waals surface area contributed by atoms with Gasteiger partial charge in [-0.1, -0.05) is 12.1 Å². The van der Waals surface area contributed by atoms with Crippen LogP contribution in [0.3, 0.4) is 0 Å². The van der Waals surface area contributed by atoms with E-state index in [0.29, 0.717) is 24.4 Å². The monoisotopic (exact) mass is 406 g/mol. The molecular formula is C21H18N4O5. The molecular weight excluding hydrogens is 388 g/mol. The van der Waals surface area contributed by atoms with E-state index >= 15 is 0 Å². The molecule has 0 radical (unpaired) electrons. The number of imide groups is 1. The van der Waals surface area contributed by atoms with Gasteiger partial charge in [-0.25, -0.2) is 9.69 Å². The van der Waals surface area contributed by atoms with Crippen molar-refractivity contribution in [3.8, 4) is 5.75 Å². The Morgan fingerprint density at radius 3 is 2.70 bits per heavy atom. The van der Waals surface area contributed by atoms with E-state index in [1.54, 1.807) is 20.1 Å². The molecule has 0 aliphatic carbocycles. The number of benzene rings is 2. The zero-order valence-corrected chi connectivity index (χ0v) is 16.3. The predicted octanol–water partition coefficient (Wildman–Crippen LogP) is 3.32. The number of hydrogen-bond acceptors (Lipinski definition) is 5. The molecule has 0 saturated carbocycles. The molecule has 2 aromatic carbocycles. The van der Waals surface area contributed by atoms with Gasteiger partial charge in [-0.15, -0.1) is 0 Å². The van der Waals surface area contributed by atoms with Crippen molar-refractivity contribution in [3.05, 3.63) is 63.8 Å². The quantitative estimate of drug-likeness (QED) is 0.408. The standard InChI is InChI=1S/C21H18N4O5/c1-21-18-13(14-11-12(30-2)7-8-15(14)22-18)9-10-23(21)20(27)24(19(21)26)16-5-3-4-6-17(16)25(28)29/h3-8,11,22H,9-10H2,1-2H3. The highest BCUT2D eigenvalue weighted by Gasteiger charge is 2.59. The third-order valence-corrected chi connectivity index (χ3v) is 6.09. The average molecular weight is 406 g/mol. The molecule has 3 amide bonds. The number of aromatic nitrogens is 1. The van der Waals surface area contributed by atoms with Crippen LogP contribution in [-0.2, 0) is 16.8 Å². The van der Waals surface area contributed by atoms with Gasteiger partial charge in [-0.3, -0.25) is 14.9 Å². The number of hydrogen-bond donors (Lipinski definition) is 1. The molecule has 3 heterocycles. The third-order valence-electron chi connectivity index (χ3n) is 6.09. The minimum atomic E-state index is -1.28. The van der Waals surface area contributed by atoms with Crippen molar-refractivity contribution < 1.29 is 19.2 Å². The molecule has 0 bridgehead atoms. The van der Waals surface area contributed by atoms with Gasteiger partial charge in [-0.05, 0) is 43.2 Å². The van der Waals surface area contributed by atoms with Crippen LogP contribution in [0.4, 0.5) is 16.2 Å². The Kier molecular flexibility index (Phi) is 3.67. The van der Waals surface area contributed by atoms with E-state index in [2.05, 4.69) is 4.98 Å². The molecule has 30 heavy (non-hydrogen) atoms. The Hall–Kier alpha value is -3.88. The largest absolute Gasteiger partial charge is 0.497 e. The molecule has 1 N–H and O–H groups in total. The van der Waals surface area contributed by atoms with E-state index in [-0.39, 0.29) is 11.4 Å². The number of ether oxygens (including phenoxy) is 1. The maximum Gasteiger partial charge on any atom is 0.332 e. The third kappa shape index (κ3) is 2.17. The van der Waals surface area contributed by atoms with Crippen molar-refractivity contribution in [2.45, 2.75) is 18.9 Å². The first-order valence-electron chi connectivity index (χ1n) is 9.46. The van der Waals surface area contributed by atoms with E-state index in [9.17, 15) is 19.7 Å². The molecule has 9 nitrogen and oxygen atoms in total. The Morgan fingerprint density at radius 2 is 1.97 bits per heavy atom. The fourth-order valence-electron chi connectivity index (χ4n) is 4.57. The second kappa shape index (κ2) is 6.06. The number of nitrogens with one attached hydrogen (secondary N) is 1. The maximum absolute atomic E-state index is 13.6. The number of urea groups is 1. The second-order valence-electron chi connectivity index (χ2n) is 7.53. The number of H-pyrrole nitrogens is 1. The summed E-state index contributed by atoms with van der Waals surface area (Å²) >= 11 is 0. The highest BCUT2D eigenvalue weighted by Crippen LogP contribution is 2.46. The molecule has 1 saturated heterocycles. The molecule has 1 unspecified atom stereocenters. The van der Waals surface area contributed by atoms with Gasteiger partial charge in [0.15, 0.2) is 5.54 Å². The number of aromatic amines is 1. The summed E-state index contributed by atoms with van der Waals surface area (Å²) in [6.07, 6.45) is 0.557. The molecule has 0 spiro atoms. The number of nitro groups is 1. The Labute approximate surface area is 171 Å². The summed E-state index contributed by atoms with van der Waals surface area (Å²) in [6.45, 7) is 2.02. The zero-order chi connectivity index (χ0) is 21.2. The summed E-state index contributed by atoms with van der Waals surface area (Å²) in [6, 6.07) is 10.8. The Morgan fingerprint density at radius 1 is 1.20 bits per heavy atom. The predicted molar refractivity (Wildman–Crippen MR) is 109 cm³/mol. The lowest BCUT2D eigenvalue weighted by Gasteiger charge is -2.35. The number of para-hydroxylation sites is 2. The number of anilines is 1. The number of rotatable bonds is 3. The van der Waals surface area contributed by atoms with Crippen LogP contribution in [-0.4, -0.2) is 40.4 Å². The zero-order valence-electron chi connectivity index (χ0n) is 16.3. The number of fused-ring (bicyclic) bond motifs is 5. The van der Waals surface area contributed by atoms with Crippen molar-refractivity contribution in [1.82, 2.24) is 9.88 Å². The van der Waals surface area contributed by atoms with Gasteiger partial charge in [0.25, 0.3) is 11.6 Å². The molecule has 5 rings (SSSR count). The first-order valence-corrected chi connectivity index (χ1v) is 9.46. The smallest absolute Gasteiger partial charge is 0.332 e. The van der Waals surface area contributed by atoms with Crippen LogP contribution in [0.25, 0.3) is 10.9 Å². The van der Waals surface area contributed by atoms with Gasteiger partial charge < -0.3 is 14.6 Å². The van der Waals surface area contributed by atoms with E-state index in [1.807, 2.05) is 18.2 Å². The number of carbonyl (C=O) groups excluding carboxylic acids is 2. The van der Waals surface area contributed by atoms with E-state index in [4.69, 9.17) is 4.74 Å². The van der Waals surface area contributed by atoms with Gasteiger partial charge in [0.2, 0.25) is 0 Å². The number of nitro benzene ring substituents is 1. The van der Waals surface area contributed by atoms with Crippen molar-refractivity contribution in [2.75, 3.05) is 18.6 Å². The van der Waals surface area contributed by atoms with Gasteiger partial charge >= 0.3 is 6.03 Å². The normalized spacial score (nSPS) is 20.5. The van der Waals surface area contributed by atoms with Crippen LogP contribution in [0.1, 0.15) is 18.2 Å². The minimum Gasteiger partial charge on any atom is -0.497 e. The lowest BCUT2D eigenvalue weighted by molar-refractivity contribution is -0.384. The molecule has 2 aliphatic rings. The molecule has 9 heteroatoms. The van der Waals surface area contributed by atoms with Gasteiger partial charge in [-0.2, -0.15) is 0 Å². The topological polar surface area (TPSA) is 109 Å². The summed E-state index contributed by atoms with van der Waals surface area (Å²) in [4.78, 5) is 43.5. The van der Waals surface area contributed by atoms with Crippen LogP contribution in [0.2, 0.25) is 0 Å².